The summed E-state index contributed by atoms with van der Waals surface area (Å²) in [5, 5.41) is 12.7. The van der Waals surface area contributed by atoms with Gasteiger partial charge in [0.1, 0.15) is 5.75 Å². The standard InChI is InChI=1S/C16H21N3O5/c20-12-13-11-14(6-7-15(13)19(22)23)24-10-4-5-16(21)17-18-8-2-1-3-9-18/h6-7,11-12H,1-5,8-10H2,(H,17,21). The number of piperidine rings is 1. The zero-order valence-corrected chi connectivity index (χ0v) is 13.4. The largest absolute Gasteiger partial charge is 0.494 e. The lowest BCUT2D eigenvalue weighted by Crippen LogP contribution is -2.45. The third-order valence-electron chi connectivity index (χ3n) is 3.78. The minimum Gasteiger partial charge on any atom is -0.494 e. The molecule has 0 atom stereocenters. The van der Waals surface area contributed by atoms with E-state index in [1.807, 2.05) is 5.01 Å². The molecule has 0 saturated carbocycles. The molecule has 1 N–H and O–H groups in total. The van der Waals surface area contributed by atoms with Crippen molar-refractivity contribution in [2.45, 2.75) is 32.1 Å². The highest BCUT2D eigenvalue weighted by Crippen LogP contribution is 2.22. The number of nitrogens with one attached hydrogen (secondary N) is 1. The van der Waals surface area contributed by atoms with Crippen LogP contribution in [0.15, 0.2) is 18.2 Å². The molecule has 1 aliphatic heterocycles. The van der Waals surface area contributed by atoms with Crippen LogP contribution in [0.25, 0.3) is 0 Å². The number of benzene rings is 1. The summed E-state index contributed by atoms with van der Waals surface area (Å²) in [6, 6.07) is 4.01. The number of hydrogen-bond acceptors (Lipinski definition) is 6. The molecule has 1 aromatic carbocycles. The fourth-order valence-corrected chi connectivity index (χ4v) is 2.54. The van der Waals surface area contributed by atoms with E-state index in [9.17, 15) is 19.7 Å². The molecule has 1 heterocycles. The van der Waals surface area contributed by atoms with E-state index in [1.54, 1.807) is 0 Å². The SMILES string of the molecule is O=Cc1cc(OCCCC(=O)NN2CCCCC2)ccc1[N+](=O)[O-]. The first-order chi connectivity index (χ1) is 11.6. The first-order valence-corrected chi connectivity index (χ1v) is 8.01. The summed E-state index contributed by atoms with van der Waals surface area (Å²) in [6.45, 7) is 2.07. The van der Waals surface area contributed by atoms with E-state index in [2.05, 4.69) is 5.43 Å². The van der Waals surface area contributed by atoms with E-state index in [1.165, 1.54) is 24.6 Å². The summed E-state index contributed by atoms with van der Waals surface area (Å²) in [6.07, 6.45) is 4.69. The van der Waals surface area contributed by atoms with Crippen LogP contribution in [-0.2, 0) is 4.79 Å². The second-order valence-electron chi connectivity index (χ2n) is 5.63. The number of hydrogen-bond donors (Lipinski definition) is 1. The van der Waals surface area contributed by atoms with Gasteiger partial charge in [0.2, 0.25) is 5.91 Å². The van der Waals surface area contributed by atoms with E-state index in [-0.39, 0.29) is 17.2 Å². The maximum absolute atomic E-state index is 11.8. The Labute approximate surface area is 139 Å². The third-order valence-corrected chi connectivity index (χ3v) is 3.78. The Morgan fingerprint density at radius 3 is 2.75 bits per heavy atom. The van der Waals surface area contributed by atoms with Crippen molar-refractivity contribution in [2.75, 3.05) is 19.7 Å². The van der Waals surface area contributed by atoms with Crippen molar-refractivity contribution in [1.29, 1.82) is 0 Å². The molecule has 1 aliphatic rings. The maximum atomic E-state index is 11.8. The molecule has 0 radical (unpaired) electrons. The molecule has 8 nitrogen and oxygen atoms in total. The maximum Gasteiger partial charge on any atom is 0.280 e. The van der Waals surface area contributed by atoms with Crippen LogP contribution in [0.4, 0.5) is 5.69 Å². The van der Waals surface area contributed by atoms with Gasteiger partial charge < -0.3 is 4.74 Å². The Balaban J connectivity index is 1.72. The van der Waals surface area contributed by atoms with Gasteiger partial charge in [-0.25, -0.2) is 5.01 Å². The first kappa shape index (κ1) is 17.9. The van der Waals surface area contributed by atoms with Crippen LogP contribution in [0.2, 0.25) is 0 Å². The second-order valence-corrected chi connectivity index (χ2v) is 5.63. The van der Waals surface area contributed by atoms with Crippen molar-refractivity contribution >= 4 is 17.9 Å². The van der Waals surface area contributed by atoms with Crippen LogP contribution >= 0.6 is 0 Å². The van der Waals surface area contributed by atoms with Gasteiger partial charge >= 0.3 is 0 Å². The Hall–Kier alpha value is -2.48. The molecule has 24 heavy (non-hydrogen) atoms. The Kier molecular flexibility index (Phi) is 6.68. The highest BCUT2D eigenvalue weighted by atomic mass is 16.6. The van der Waals surface area contributed by atoms with E-state index in [0.717, 1.165) is 25.9 Å². The predicted molar refractivity (Wildman–Crippen MR) is 86.8 cm³/mol. The van der Waals surface area contributed by atoms with Gasteiger partial charge in [-0.2, -0.15) is 0 Å². The molecular formula is C16H21N3O5. The first-order valence-electron chi connectivity index (χ1n) is 8.01. The van der Waals surface area contributed by atoms with Crippen molar-refractivity contribution in [3.63, 3.8) is 0 Å². The molecule has 0 aromatic heterocycles. The van der Waals surface area contributed by atoms with Gasteiger partial charge in [0, 0.05) is 25.6 Å². The van der Waals surface area contributed by atoms with E-state index in [0.29, 0.717) is 31.5 Å². The smallest absolute Gasteiger partial charge is 0.280 e. The van der Waals surface area contributed by atoms with Crippen LogP contribution < -0.4 is 10.2 Å². The number of hydrazine groups is 1. The monoisotopic (exact) mass is 335 g/mol. The van der Waals surface area contributed by atoms with Gasteiger partial charge in [-0.1, -0.05) is 6.42 Å². The van der Waals surface area contributed by atoms with Crippen LogP contribution in [0, 0.1) is 10.1 Å². The number of ether oxygens (including phenoxy) is 1. The van der Waals surface area contributed by atoms with Crippen molar-refractivity contribution in [3.8, 4) is 5.75 Å². The number of carbonyl (C=O) groups excluding carboxylic acids is 2. The van der Waals surface area contributed by atoms with Crippen molar-refractivity contribution < 1.29 is 19.2 Å². The molecule has 0 aliphatic carbocycles. The zero-order valence-electron chi connectivity index (χ0n) is 13.4. The lowest BCUT2D eigenvalue weighted by Gasteiger charge is -2.26. The van der Waals surface area contributed by atoms with E-state index < -0.39 is 4.92 Å². The lowest BCUT2D eigenvalue weighted by molar-refractivity contribution is -0.385. The molecule has 1 aromatic rings. The summed E-state index contributed by atoms with van der Waals surface area (Å²) < 4.78 is 5.45. The minimum absolute atomic E-state index is 0.0275. The average Bonchev–Trinajstić information content (AvgIpc) is 2.59. The summed E-state index contributed by atoms with van der Waals surface area (Å²) in [4.78, 5) is 32.8. The van der Waals surface area contributed by atoms with Gasteiger partial charge in [-0.05, 0) is 31.4 Å². The van der Waals surface area contributed by atoms with Crippen LogP contribution in [-0.4, -0.2) is 41.8 Å². The molecule has 2 rings (SSSR count). The fraction of sp³-hybridized carbons (Fsp3) is 0.500. The Morgan fingerprint density at radius 1 is 1.33 bits per heavy atom. The number of nitro groups is 1. The van der Waals surface area contributed by atoms with Gasteiger partial charge in [0.05, 0.1) is 17.1 Å². The number of amides is 1. The zero-order chi connectivity index (χ0) is 17.4. The molecule has 1 fully saturated rings. The third kappa shape index (κ3) is 5.31. The average molecular weight is 335 g/mol. The molecule has 1 amide bonds. The van der Waals surface area contributed by atoms with E-state index >= 15 is 0 Å². The number of nitrogens with zero attached hydrogens (tertiary/aromatic N) is 2. The second kappa shape index (κ2) is 8.97. The van der Waals surface area contributed by atoms with Gasteiger partial charge in [0.15, 0.2) is 6.29 Å². The summed E-state index contributed by atoms with van der Waals surface area (Å²) >= 11 is 0. The van der Waals surface area contributed by atoms with Crippen LogP contribution in [0.1, 0.15) is 42.5 Å². The number of carbonyl (C=O) groups is 2. The highest BCUT2D eigenvalue weighted by Gasteiger charge is 2.14. The lowest BCUT2D eigenvalue weighted by atomic mass is 10.2. The molecule has 8 heteroatoms. The Morgan fingerprint density at radius 2 is 2.08 bits per heavy atom. The Bertz CT molecular complexity index is 599. The minimum atomic E-state index is -0.613. The van der Waals surface area contributed by atoms with Crippen molar-refractivity contribution in [2.24, 2.45) is 0 Å². The van der Waals surface area contributed by atoms with Gasteiger partial charge in [-0.15, -0.1) is 0 Å². The summed E-state index contributed by atoms with van der Waals surface area (Å²) in [7, 11) is 0. The molecule has 0 spiro atoms. The fourth-order valence-electron chi connectivity index (χ4n) is 2.54. The molecular weight excluding hydrogens is 314 g/mol. The normalized spacial score (nSPS) is 14.8. The quantitative estimate of drug-likeness (QED) is 0.338. The number of aldehydes is 1. The molecule has 0 bridgehead atoms. The van der Waals surface area contributed by atoms with Gasteiger partial charge in [0.25, 0.3) is 5.69 Å². The van der Waals surface area contributed by atoms with Gasteiger partial charge in [-0.3, -0.25) is 25.1 Å². The number of rotatable bonds is 8. The topological polar surface area (TPSA) is 102 Å². The molecule has 130 valence electrons. The highest BCUT2D eigenvalue weighted by molar-refractivity contribution is 5.82. The van der Waals surface area contributed by atoms with Crippen LogP contribution in [0.5, 0.6) is 5.75 Å². The summed E-state index contributed by atoms with van der Waals surface area (Å²) in [5.41, 5.74) is 2.59. The van der Waals surface area contributed by atoms with E-state index in [4.69, 9.17) is 4.74 Å². The van der Waals surface area contributed by atoms with Crippen molar-refractivity contribution in [1.82, 2.24) is 10.4 Å². The van der Waals surface area contributed by atoms with Crippen LogP contribution in [0.3, 0.4) is 0 Å². The molecule has 0 unspecified atom stereocenters. The van der Waals surface area contributed by atoms with Crippen molar-refractivity contribution in [3.05, 3.63) is 33.9 Å². The number of nitro benzene ring substituents is 1. The summed E-state index contributed by atoms with van der Waals surface area (Å²) in [5.74, 6) is 0.330. The molecule has 1 saturated heterocycles. The predicted octanol–water partition coefficient (Wildman–Crippen LogP) is 2.08.